The Hall–Kier alpha value is -1.97. The number of rotatable bonds is 7. The molecule has 0 aliphatic rings. The van der Waals surface area contributed by atoms with Crippen LogP contribution >= 0.6 is 23.4 Å². The van der Waals surface area contributed by atoms with Gasteiger partial charge in [-0.2, -0.15) is 0 Å². The molecule has 0 aliphatic carbocycles. The van der Waals surface area contributed by atoms with E-state index in [4.69, 9.17) is 23.4 Å². The average molecular weight is 457 g/mol. The molecule has 6 nitrogen and oxygen atoms in total. The molecule has 0 saturated carbocycles. The van der Waals surface area contributed by atoms with E-state index in [9.17, 15) is 12.8 Å². The molecule has 3 aromatic rings. The summed E-state index contributed by atoms with van der Waals surface area (Å²) in [7, 11) is -2.32. The van der Waals surface area contributed by atoms with Crippen LogP contribution < -0.4 is 9.56 Å². The second-order valence-electron chi connectivity index (χ2n) is 6.31. The molecule has 0 amide bonds. The van der Waals surface area contributed by atoms with Crippen LogP contribution in [0.25, 0.3) is 22.0 Å². The molecule has 0 bridgehead atoms. The van der Waals surface area contributed by atoms with Crippen molar-refractivity contribution in [2.24, 2.45) is 0 Å². The van der Waals surface area contributed by atoms with E-state index in [0.29, 0.717) is 10.6 Å². The number of benzene rings is 1. The number of pyridine rings is 1. The molecule has 0 radical (unpaired) electrons. The van der Waals surface area contributed by atoms with Crippen molar-refractivity contribution in [3.63, 3.8) is 0 Å². The van der Waals surface area contributed by atoms with Gasteiger partial charge in [-0.1, -0.05) is 11.6 Å². The van der Waals surface area contributed by atoms with Crippen LogP contribution in [-0.4, -0.2) is 31.6 Å². The van der Waals surface area contributed by atoms with Crippen molar-refractivity contribution >= 4 is 44.3 Å². The second-order valence-corrected chi connectivity index (χ2v) is 8.90. The van der Waals surface area contributed by atoms with E-state index in [1.807, 2.05) is 13.0 Å². The maximum absolute atomic E-state index is 14.4. The van der Waals surface area contributed by atoms with E-state index in [1.54, 1.807) is 22.9 Å². The molecular formula is C19H19Cl2FN4O2S. The Balaban J connectivity index is 2.23. The van der Waals surface area contributed by atoms with Crippen LogP contribution in [0.5, 0.6) is 0 Å². The van der Waals surface area contributed by atoms with Crippen molar-refractivity contribution in [2.45, 2.75) is 18.4 Å². The Morgan fingerprint density at radius 2 is 2.07 bits per heavy atom. The molecule has 10 heteroatoms. The minimum atomic E-state index is -3.66. The van der Waals surface area contributed by atoms with Gasteiger partial charge in [0.15, 0.2) is 0 Å². The highest BCUT2D eigenvalue weighted by Crippen LogP contribution is 2.37. The van der Waals surface area contributed by atoms with Crippen LogP contribution in [0, 0.1) is 6.92 Å². The lowest BCUT2D eigenvalue weighted by Gasteiger charge is -2.08. The summed E-state index contributed by atoms with van der Waals surface area (Å²) in [4.78, 5) is 6.49. The summed E-state index contributed by atoms with van der Waals surface area (Å²) < 4.78 is 42.8. The zero-order chi connectivity index (χ0) is 21.2. The lowest BCUT2D eigenvalue weighted by Crippen LogP contribution is -2.18. The van der Waals surface area contributed by atoms with Gasteiger partial charge in [0.25, 0.3) is 0 Å². The van der Waals surface area contributed by atoms with E-state index in [-0.39, 0.29) is 23.8 Å². The number of nitrogens with zero attached hydrogens (tertiary/aromatic N) is 2. The molecule has 0 atom stereocenters. The lowest BCUT2D eigenvalue weighted by atomic mass is 10.0. The van der Waals surface area contributed by atoms with Crippen molar-refractivity contribution in [3.05, 3.63) is 59.3 Å². The molecule has 3 rings (SSSR count). The molecule has 29 heavy (non-hydrogen) atoms. The Bertz CT molecular complexity index is 1190. The molecule has 154 valence electrons. The molecule has 0 aliphatic heterocycles. The number of halogens is 3. The fourth-order valence-electron chi connectivity index (χ4n) is 3.21. The summed E-state index contributed by atoms with van der Waals surface area (Å²) in [6, 6.07) is 6.85. The fourth-order valence-corrected chi connectivity index (χ4v) is 4.17. The van der Waals surface area contributed by atoms with Crippen molar-refractivity contribution in [1.29, 1.82) is 0 Å². The third-order valence-electron chi connectivity index (χ3n) is 4.58. The molecule has 0 spiro atoms. The summed E-state index contributed by atoms with van der Waals surface area (Å²) >= 11 is 11.6. The van der Waals surface area contributed by atoms with Crippen LogP contribution in [0.2, 0.25) is 5.02 Å². The Labute approximate surface area is 178 Å². The summed E-state index contributed by atoms with van der Waals surface area (Å²) in [6.07, 6.45) is 4.21. The van der Waals surface area contributed by atoms with Gasteiger partial charge >= 0.3 is 0 Å². The highest BCUT2D eigenvalue weighted by Gasteiger charge is 2.19. The monoisotopic (exact) mass is 456 g/mol. The summed E-state index contributed by atoms with van der Waals surface area (Å²) in [5.74, 6) is -0.357. The molecular weight excluding hydrogens is 438 g/mol. The van der Waals surface area contributed by atoms with Gasteiger partial charge in [0, 0.05) is 51.7 Å². The van der Waals surface area contributed by atoms with E-state index in [0.717, 1.165) is 22.2 Å². The minimum Gasteiger partial charge on any atom is -0.337 e. The zero-order valence-electron chi connectivity index (χ0n) is 15.7. The largest absolute Gasteiger partial charge is 0.337 e. The highest BCUT2D eigenvalue weighted by atomic mass is 35.5. The van der Waals surface area contributed by atoms with Gasteiger partial charge < -0.3 is 4.57 Å². The second kappa shape index (κ2) is 8.81. The first-order valence-corrected chi connectivity index (χ1v) is 10.9. The number of fused-ring (bicyclic) bond motifs is 1. The van der Waals surface area contributed by atoms with Crippen LogP contribution in [0.3, 0.4) is 0 Å². The first kappa shape index (κ1) is 21.7. The third kappa shape index (κ3) is 4.46. The van der Waals surface area contributed by atoms with Gasteiger partial charge in [-0.25, -0.2) is 22.4 Å². The maximum atomic E-state index is 14.4. The molecule has 0 saturated heterocycles. The summed E-state index contributed by atoms with van der Waals surface area (Å²) in [6.45, 7) is 2.04. The van der Waals surface area contributed by atoms with Crippen molar-refractivity contribution in [2.75, 3.05) is 13.6 Å². The standard InChI is InChI=1S/C19H19Cl2FN4O2S/c1-12-19(13-7-16(10-24-9-13)29(27,28)23-2)17-8-14(20)3-4-18(17)26(12)11-15(22)5-6-25-21/h3-5,7-10,23,25H,6,11H2,1-2H3/b15-5-. The first-order chi connectivity index (χ1) is 13.8. The zero-order valence-corrected chi connectivity index (χ0v) is 18.0. The van der Waals surface area contributed by atoms with Gasteiger partial charge in [0.05, 0.1) is 6.54 Å². The Morgan fingerprint density at radius 3 is 2.76 bits per heavy atom. The third-order valence-corrected chi connectivity index (χ3v) is 6.35. The number of nitrogens with one attached hydrogen (secondary N) is 2. The van der Waals surface area contributed by atoms with E-state index < -0.39 is 10.0 Å². The van der Waals surface area contributed by atoms with Crippen LogP contribution in [0.4, 0.5) is 4.39 Å². The number of allylic oxidation sites excluding steroid dienone is 1. The number of aromatic nitrogens is 2. The van der Waals surface area contributed by atoms with E-state index in [1.165, 1.54) is 25.4 Å². The van der Waals surface area contributed by atoms with Gasteiger partial charge in [-0.3, -0.25) is 4.98 Å². The normalized spacial score (nSPS) is 12.7. The van der Waals surface area contributed by atoms with Crippen molar-refractivity contribution in [1.82, 2.24) is 19.1 Å². The van der Waals surface area contributed by atoms with Crippen molar-refractivity contribution < 1.29 is 12.8 Å². The quantitative estimate of drug-likeness (QED) is 0.523. The number of sulfonamides is 1. The maximum Gasteiger partial charge on any atom is 0.241 e. The molecule has 0 unspecified atom stereocenters. The number of hydrogen-bond acceptors (Lipinski definition) is 4. The first-order valence-electron chi connectivity index (χ1n) is 8.64. The fraction of sp³-hybridized carbons (Fsp3) is 0.211. The number of hydrogen-bond donors (Lipinski definition) is 2. The van der Waals surface area contributed by atoms with E-state index >= 15 is 0 Å². The van der Waals surface area contributed by atoms with Gasteiger partial charge in [0.1, 0.15) is 10.7 Å². The van der Waals surface area contributed by atoms with Crippen molar-refractivity contribution in [3.8, 4) is 11.1 Å². The molecule has 0 fully saturated rings. The Morgan fingerprint density at radius 1 is 1.31 bits per heavy atom. The predicted octanol–water partition coefficient (Wildman–Crippen LogP) is 4.17. The van der Waals surface area contributed by atoms with Crippen LogP contribution in [-0.2, 0) is 16.6 Å². The highest BCUT2D eigenvalue weighted by molar-refractivity contribution is 7.89. The predicted molar refractivity (Wildman–Crippen MR) is 114 cm³/mol. The van der Waals surface area contributed by atoms with Gasteiger partial charge in [-0.15, -0.1) is 0 Å². The Kier molecular flexibility index (Phi) is 6.60. The minimum absolute atomic E-state index is 0.00443. The smallest absolute Gasteiger partial charge is 0.241 e. The summed E-state index contributed by atoms with van der Waals surface area (Å²) in [5, 5.41) is 1.30. The molecule has 2 aromatic heterocycles. The van der Waals surface area contributed by atoms with Gasteiger partial charge in [0.2, 0.25) is 10.0 Å². The molecule has 2 N–H and O–H groups in total. The SMILES string of the molecule is CNS(=O)(=O)c1cncc(-c2c(C)n(C/C(F)=C/CNCl)c3ccc(Cl)cc23)c1. The van der Waals surface area contributed by atoms with Crippen LogP contribution in [0.1, 0.15) is 5.69 Å². The van der Waals surface area contributed by atoms with E-state index in [2.05, 4.69) is 14.5 Å². The molecule has 2 heterocycles. The van der Waals surface area contributed by atoms with Gasteiger partial charge in [-0.05, 0) is 56.1 Å². The summed E-state index contributed by atoms with van der Waals surface area (Å²) in [5.41, 5.74) is 2.86. The van der Waals surface area contributed by atoms with Crippen LogP contribution in [0.15, 0.2) is 53.5 Å². The lowest BCUT2D eigenvalue weighted by molar-refractivity contribution is 0.555. The topological polar surface area (TPSA) is 76.0 Å². The molecule has 1 aromatic carbocycles. The average Bonchev–Trinajstić information content (AvgIpc) is 2.97.